The molecule has 0 aliphatic carbocycles. The molecular weight excluding hydrogens is 220 g/mol. The molecule has 0 aliphatic rings. The van der Waals surface area contributed by atoms with Crippen molar-refractivity contribution in [2.45, 2.75) is 26.8 Å². The monoisotopic (exact) mass is 240 g/mol. The largest absolute Gasteiger partial charge is 0.306 e. The number of nitrogens with one attached hydrogen (secondary N) is 1. The SMILES string of the molecule is CCNC(c1ccc(C)cc1)c1ccc(C)nc1. The van der Waals surface area contributed by atoms with Gasteiger partial charge in [0.1, 0.15) is 0 Å². The van der Waals surface area contributed by atoms with Crippen molar-refractivity contribution < 1.29 is 0 Å². The van der Waals surface area contributed by atoms with Gasteiger partial charge in [-0.25, -0.2) is 0 Å². The Morgan fingerprint density at radius 1 is 1.00 bits per heavy atom. The molecule has 1 aromatic heterocycles. The minimum Gasteiger partial charge on any atom is -0.306 e. The van der Waals surface area contributed by atoms with Crippen LogP contribution in [0, 0.1) is 13.8 Å². The summed E-state index contributed by atoms with van der Waals surface area (Å²) in [6.07, 6.45) is 1.96. The maximum absolute atomic E-state index is 4.39. The first-order valence-electron chi connectivity index (χ1n) is 6.43. The Bertz CT molecular complexity index is 440. The molecule has 1 N–H and O–H groups in total. The smallest absolute Gasteiger partial charge is 0.0591 e. The lowest BCUT2D eigenvalue weighted by Gasteiger charge is -2.19. The van der Waals surface area contributed by atoms with E-state index in [9.17, 15) is 0 Å². The molecule has 0 aliphatic heterocycles. The van der Waals surface area contributed by atoms with E-state index < -0.39 is 0 Å². The first-order chi connectivity index (χ1) is 8.70. The highest BCUT2D eigenvalue weighted by molar-refractivity contribution is 5.32. The van der Waals surface area contributed by atoms with E-state index in [1.165, 1.54) is 16.7 Å². The first kappa shape index (κ1) is 12.8. The molecule has 0 spiro atoms. The topological polar surface area (TPSA) is 24.9 Å². The molecule has 0 fully saturated rings. The van der Waals surface area contributed by atoms with E-state index in [1.807, 2.05) is 13.1 Å². The molecule has 0 bridgehead atoms. The van der Waals surface area contributed by atoms with Crippen molar-refractivity contribution >= 4 is 0 Å². The Balaban J connectivity index is 2.33. The third kappa shape index (κ3) is 2.96. The average molecular weight is 240 g/mol. The molecule has 1 heterocycles. The fourth-order valence-corrected chi connectivity index (χ4v) is 2.04. The van der Waals surface area contributed by atoms with E-state index in [0.717, 1.165) is 12.2 Å². The standard InChI is InChI=1S/C16H20N2/c1-4-17-16(14-8-5-12(2)6-9-14)15-10-7-13(3)18-11-15/h5-11,16-17H,4H2,1-3H3. The van der Waals surface area contributed by atoms with Crippen LogP contribution in [0.5, 0.6) is 0 Å². The van der Waals surface area contributed by atoms with E-state index in [4.69, 9.17) is 0 Å². The van der Waals surface area contributed by atoms with Crippen molar-refractivity contribution in [3.63, 3.8) is 0 Å². The predicted molar refractivity (Wildman–Crippen MR) is 75.7 cm³/mol. The number of hydrogen-bond acceptors (Lipinski definition) is 2. The molecule has 1 atom stereocenters. The summed E-state index contributed by atoms with van der Waals surface area (Å²) in [5.41, 5.74) is 4.84. The summed E-state index contributed by atoms with van der Waals surface area (Å²) in [6, 6.07) is 13.1. The van der Waals surface area contributed by atoms with Gasteiger partial charge < -0.3 is 5.32 Å². The number of rotatable bonds is 4. The molecule has 0 radical (unpaired) electrons. The normalized spacial score (nSPS) is 12.4. The quantitative estimate of drug-likeness (QED) is 0.886. The summed E-state index contributed by atoms with van der Waals surface area (Å²) in [5, 5.41) is 3.51. The number of pyridine rings is 1. The van der Waals surface area contributed by atoms with Crippen LogP contribution in [0.4, 0.5) is 0 Å². The highest BCUT2D eigenvalue weighted by Crippen LogP contribution is 2.21. The van der Waals surface area contributed by atoms with Crippen molar-refractivity contribution in [1.29, 1.82) is 0 Å². The second-order valence-electron chi connectivity index (χ2n) is 4.63. The van der Waals surface area contributed by atoms with Crippen LogP contribution in [0.15, 0.2) is 42.6 Å². The minimum atomic E-state index is 0.226. The molecule has 1 aromatic carbocycles. The van der Waals surface area contributed by atoms with Crippen LogP contribution in [0.1, 0.15) is 35.3 Å². The van der Waals surface area contributed by atoms with Crippen LogP contribution in [-0.4, -0.2) is 11.5 Å². The van der Waals surface area contributed by atoms with Gasteiger partial charge in [0, 0.05) is 11.9 Å². The van der Waals surface area contributed by atoms with Gasteiger partial charge in [-0.3, -0.25) is 4.98 Å². The van der Waals surface area contributed by atoms with Gasteiger partial charge in [0.2, 0.25) is 0 Å². The molecule has 1 unspecified atom stereocenters. The third-order valence-electron chi connectivity index (χ3n) is 3.09. The summed E-state index contributed by atoms with van der Waals surface area (Å²) in [7, 11) is 0. The van der Waals surface area contributed by atoms with Gasteiger partial charge in [-0.15, -0.1) is 0 Å². The van der Waals surface area contributed by atoms with E-state index >= 15 is 0 Å². The van der Waals surface area contributed by atoms with E-state index in [0.29, 0.717) is 0 Å². The number of aryl methyl sites for hydroxylation is 2. The fourth-order valence-electron chi connectivity index (χ4n) is 2.04. The van der Waals surface area contributed by atoms with Gasteiger partial charge in [0.15, 0.2) is 0 Å². The predicted octanol–water partition coefficient (Wildman–Crippen LogP) is 3.40. The molecule has 0 saturated heterocycles. The van der Waals surface area contributed by atoms with Gasteiger partial charge in [-0.2, -0.15) is 0 Å². The van der Waals surface area contributed by atoms with Crippen LogP contribution >= 0.6 is 0 Å². The van der Waals surface area contributed by atoms with Crippen LogP contribution in [-0.2, 0) is 0 Å². The van der Waals surface area contributed by atoms with E-state index in [-0.39, 0.29) is 6.04 Å². The molecule has 2 rings (SSSR count). The van der Waals surface area contributed by atoms with Gasteiger partial charge in [0.05, 0.1) is 6.04 Å². The lowest BCUT2D eigenvalue weighted by atomic mass is 9.99. The molecule has 2 nitrogen and oxygen atoms in total. The van der Waals surface area contributed by atoms with E-state index in [2.05, 4.69) is 60.5 Å². The number of nitrogens with zero attached hydrogens (tertiary/aromatic N) is 1. The molecule has 94 valence electrons. The molecule has 0 amide bonds. The van der Waals surface area contributed by atoms with Crippen LogP contribution < -0.4 is 5.32 Å². The van der Waals surface area contributed by atoms with Crippen molar-refractivity contribution in [1.82, 2.24) is 10.3 Å². The Morgan fingerprint density at radius 3 is 2.22 bits per heavy atom. The molecule has 2 heteroatoms. The van der Waals surface area contributed by atoms with Crippen LogP contribution in [0.2, 0.25) is 0 Å². The van der Waals surface area contributed by atoms with Gasteiger partial charge in [-0.05, 0) is 37.6 Å². The first-order valence-corrected chi connectivity index (χ1v) is 6.43. The molecule has 18 heavy (non-hydrogen) atoms. The number of benzene rings is 1. The Hall–Kier alpha value is -1.67. The lowest BCUT2D eigenvalue weighted by molar-refractivity contribution is 0.628. The summed E-state index contributed by atoms with van der Waals surface area (Å²) >= 11 is 0. The Kier molecular flexibility index (Phi) is 4.11. The average Bonchev–Trinajstić information content (AvgIpc) is 2.39. The second kappa shape index (κ2) is 5.78. The summed E-state index contributed by atoms with van der Waals surface area (Å²) in [5.74, 6) is 0. The van der Waals surface area contributed by atoms with E-state index in [1.54, 1.807) is 0 Å². The maximum Gasteiger partial charge on any atom is 0.0591 e. The summed E-state index contributed by atoms with van der Waals surface area (Å²) in [4.78, 5) is 4.39. The molecule has 0 saturated carbocycles. The molecular formula is C16H20N2. The molecule has 2 aromatic rings. The highest BCUT2D eigenvalue weighted by Gasteiger charge is 2.12. The maximum atomic E-state index is 4.39. The Labute approximate surface area is 109 Å². The van der Waals surface area contributed by atoms with Gasteiger partial charge in [-0.1, -0.05) is 42.8 Å². The van der Waals surface area contributed by atoms with Gasteiger partial charge in [0.25, 0.3) is 0 Å². The lowest BCUT2D eigenvalue weighted by Crippen LogP contribution is -2.22. The van der Waals surface area contributed by atoms with Crippen molar-refractivity contribution in [2.24, 2.45) is 0 Å². The van der Waals surface area contributed by atoms with Crippen molar-refractivity contribution in [3.8, 4) is 0 Å². The minimum absolute atomic E-state index is 0.226. The number of aromatic nitrogens is 1. The zero-order chi connectivity index (χ0) is 13.0. The highest BCUT2D eigenvalue weighted by atomic mass is 14.9. The van der Waals surface area contributed by atoms with Crippen molar-refractivity contribution in [2.75, 3.05) is 6.54 Å². The van der Waals surface area contributed by atoms with Crippen molar-refractivity contribution in [3.05, 3.63) is 65.0 Å². The zero-order valence-electron chi connectivity index (χ0n) is 11.3. The summed E-state index contributed by atoms with van der Waals surface area (Å²) in [6.45, 7) is 7.19. The van der Waals surface area contributed by atoms with Crippen LogP contribution in [0.3, 0.4) is 0 Å². The zero-order valence-corrected chi connectivity index (χ0v) is 11.3. The Morgan fingerprint density at radius 2 is 1.67 bits per heavy atom. The second-order valence-corrected chi connectivity index (χ2v) is 4.63. The number of hydrogen-bond donors (Lipinski definition) is 1. The van der Waals surface area contributed by atoms with Crippen LogP contribution in [0.25, 0.3) is 0 Å². The summed E-state index contributed by atoms with van der Waals surface area (Å²) < 4.78 is 0. The third-order valence-corrected chi connectivity index (χ3v) is 3.09. The van der Waals surface area contributed by atoms with Gasteiger partial charge >= 0.3 is 0 Å². The fraction of sp³-hybridized carbons (Fsp3) is 0.312.